The van der Waals surface area contributed by atoms with E-state index in [1.54, 1.807) is 6.07 Å². The van der Waals surface area contributed by atoms with Crippen LogP contribution in [0.25, 0.3) is 10.1 Å². The van der Waals surface area contributed by atoms with E-state index in [2.05, 4.69) is 5.32 Å². The second-order valence-electron chi connectivity index (χ2n) is 6.06. The molecular formula is C20H17NO5S. The zero-order chi connectivity index (χ0) is 18.8. The maximum absolute atomic E-state index is 12.4. The van der Waals surface area contributed by atoms with Crippen LogP contribution in [0.2, 0.25) is 0 Å². The Hall–Kier alpha value is -3.06. The third-order valence-electron chi connectivity index (χ3n) is 4.16. The summed E-state index contributed by atoms with van der Waals surface area (Å²) in [5.41, 5.74) is 1.53. The van der Waals surface area contributed by atoms with Crippen molar-refractivity contribution < 1.29 is 23.8 Å². The van der Waals surface area contributed by atoms with Gasteiger partial charge in [-0.05, 0) is 47.3 Å². The molecule has 1 amide bonds. The van der Waals surface area contributed by atoms with E-state index in [-0.39, 0.29) is 18.3 Å². The minimum absolute atomic E-state index is 0.130. The van der Waals surface area contributed by atoms with Crippen LogP contribution in [0.3, 0.4) is 0 Å². The Morgan fingerprint density at radius 1 is 1.07 bits per heavy atom. The third-order valence-corrected chi connectivity index (χ3v) is 5.25. The van der Waals surface area contributed by atoms with Gasteiger partial charge in [-0.3, -0.25) is 4.79 Å². The van der Waals surface area contributed by atoms with Gasteiger partial charge in [-0.1, -0.05) is 6.07 Å². The summed E-state index contributed by atoms with van der Waals surface area (Å²) < 4.78 is 16.7. The quantitative estimate of drug-likeness (QED) is 0.697. The highest BCUT2D eigenvalue weighted by atomic mass is 32.1. The van der Waals surface area contributed by atoms with Gasteiger partial charge in [-0.25, -0.2) is 4.79 Å². The zero-order valence-corrected chi connectivity index (χ0v) is 15.4. The van der Waals surface area contributed by atoms with Gasteiger partial charge in [0.05, 0.1) is 13.5 Å². The normalized spacial score (nSPS) is 12.6. The van der Waals surface area contributed by atoms with E-state index < -0.39 is 0 Å². The summed E-state index contributed by atoms with van der Waals surface area (Å²) in [5.74, 6) is 0.881. The molecule has 1 aliphatic heterocycles. The fourth-order valence-electron chi connectivity index (χ4n) is 2.91. The van der Waals surface area contributed by atoms with Crippen LogP contribution in [0.5, 0.6) is 11.5 Å². The fraction of sp³-hybridized carbons (Fsp3) is 0.200. The standard InChI is InChI=1S/C20H17NO5S/c1-24-20(23)18-11-13-10-14(3-5-17(13)27-18)21-19(22)9-12-2-4-15-16(8-12)26-7-6-25-15/h2-5,8,10-11H,6-7,9H2,1H3,(H,21,22). The Labute approximate surface area is 159 Å². The fourth-order valence-corrected chi connectivity index (χ4v) is 3.87. The third kappa shape index (κ3) is 3.73. The Kier molecular flexibility index (Phi) is 4.68. The molecule has 27 heavy (non-hydrogen) atoms. The monoisotopic (exact) mass is 383 g/mol. The molecule has 3 aromatic rings. The number of fused-ring (bicyclic) bond motifs is 2. The second-order valence-corrected chi connectivity index (χ2v) is 7.14. The average molecular weight is 383 g/mol. The molecule has 0 fully saturated rings. The molecule has 1 aliphatic rings. The summed E-state index contributed by atoms with van der Waals surface area (Å²) in [7, 11) is 1.36. The molecule has 2 heterocycles. The second kappa shape index (κ2) is 7.28. The lowest BCUT2D eigenvalue weighted by molar-refractivity contribution is -0.115. The highest BCUT2D eigenvalue weighted by molar-refractivity contribution is 7.20. The number of ether oxygens (including phenoxy) is 3. The van der Waals surface area contributed by atoms with Gasteiger partial charge in [0.2, 0.25) is 5.91 Å². The molecule has 0 atom stereocenters. The number of amides is 1. The number of anilines is 1. The number of thiophene rings is 1. The molecule has 0 aliphatic carbocycles. The lowest BCUT2D eigenvalue weighted by Crippen LogP contribution is -2.17. The van der Waals surface area contributed by atoms with Crippen molar-refractivity contribution in [3.05, 3.63) is 52.9 Å². The number of methoxy groups -OCH3 is 1. The number of hydrogen-bond acceptors (Lipinski definition) is 6. The van der Waals surface area contributed by atoms with Gasteiger partial charge in [-0.15, -0.1) is 11.3 Å². The Morgan fingerprint density at radius 2 is 1.89 bits per heavy atom. The van der Waals surface area contributed by atoms with E-state index in [4.69, 9.17) is 14.2 Å². The number of nitrogens with one attached hydrogen (secondary N) is 1. The van der Waals surface area contributed by atoms with Crippen LogP contribution in [0, 0.1) is 0 Å². The average Bonchev–Trinajstić information content (AvgIpc) is 3.10. The summed E-state index contributed by atoms with van der Waals surface area (Å²) in [6, 6.07) is 12.8. The summed E-state index contributed by atoms with van der Waals surface area (Å²) in [5, 5.41) is 3.78. The molecule has 2 aromatic carbocycles. The maximum Gasteiger partial charge on any atom is 0.348 e. The SMILES string of the molecule is COC(=O)c1cc2cc(NC(=O)Cc3ccc4c(c3)OCCO4)ccc2s1. The molecule has 1 aromatic heterocycles. The van der Waals surface area contributed by atoms with Crippen LogP contribution in [0.4, 0.5) is 5.69 Å². The predicted molar refractivity (Wildman–Crippen MR) is 103 cm³/mol. The smallest absolute Gasteiger partial charge is 0.348 e. The van der Waals surface area contributed by atoms with Gasteiger partial charge in [0, 0.05) is 10.4 Å². The van der Waals surface area contributed by atoms with Crippen LogP contribution in [0.15, 0.2) is 42.5 Å². The van der Waals surface area contributed by atoms with Gasteiger partial charge in [0.1, 0.15) is 18.1 Å². The number of carbonyl (C=O) groups excluding carboxylic acids is 2. The molecule has 0 saturated carbocycles. The summed E-state index contributed by atoms with van der Waals surface area (Å²) in [6.07, 6.45) is 0.228. The minimum atomic E-state index is -0.361. The topological polar surface area (TPSA) is 73.9 Å². The largest absolute Gasteiger partial charge is 0.486 e. The Balaban J connectivity index is 1.46. The van der Waals surface area contributed by atoms with Gasteiger partial charge in [0.25, 0.3) is 0 Å². The summed E-state index contributed by atoms with van der Waals surface area (Å²) in [4.78, 5) is 24.6. The molecule has 0 unspecified atom stereocenters. The Morgan fingerprint density at radius 3 is 2.70 bits per heavy atom. The highest BCUT2D eigenvalue weighted by Crippen LogP contribution is 2.31. The van der Waals surface area contributed by atoms with Crippen molar-refractivity contribution in [2.45, 2.75) is 6.42 Å². The highest BCUT2D eigenvalue weighted by Gasteiger charge is 2.14. The maximum atomic E-state index is 12.4. The van der Waals surface area contributed by atoms with E-state index in [1.165, 1.54) is 18.4 Å². The molecular weight excluding hydrogens is 366 g/mol. The van der Waals surface area contributed by atoms with Crippen molar-refractivity contribution in [2.75, 3.05) is 25.6 Å². The van der Waals surface area contributed by atoms with Crippen molar-refractivity contribution in [3.8, 4) is 11.5 Å². The lowest BCUT2D eigenvalue weighted by Gasteiger charge is -2.18. The molecule has 0 bridgehead atoms. The van der Waals surface area contributed by atoms with Crippen molar-refractivity contribution in [1.82, 2.24) is 0 Å². The Bertz CT molecular complexity index is 1030. The molecule has 0 spiro atoms. The van der Waals surface area contributed by atoms with E-state index >= 15 is 0 Å². The first-order valence-corrected chi connectivity index (χ1v) is 9.24. The molecule has 0 saturated heterocycles. The first-order valence-electron chi connectivity index (χ1n) is 8.42. The van der Waals surface area contributed by atoms with E-state index in [9.17, 15) is 9.59 Å². The van der Waals surface area contributed by atoms with E-state index in [0.29, 0.717) is 35.3 Å². The van der Waals surface area contributed by atoms with Crippen LogP contribution in [0.1, 0.15) is 15.2 Å². The van der Waals surface area contributed by atoms with Crippen LogP contribution in [-0.2, 0) is 16.0 Å². The van der Waals surface area contributed by atoms with Crippen molar-refractivity contribution in [2.24, 2.45) is 0 Å². The van der Waals surface area contributed by atoms with E-state index in [0.717, 1.165) is 15.6 Å². The first kappa shape index (κ1) is 17.4. The molecule has 4 rings (SSSR count). The van der Waals surface area contributed by atoms with Crippen molar-refractivity contribution in [3.63, 3.8) is 0 Å². The van der Waals surface area contributed by atoms with Gasteiger partial charge >= 0.3 is 5.97 Å². The number of carbonyl (C=O) groups is 2. The molecule has 138 valence electrons. The van der Waals surface area contributed by atoms with Gasteiger partial charge in [-0.2, -0.15) is 0 Å². The zero-order valence-electron chi connectivity index (χ0n) is 14.6. The summed E-state index contributed by atoms with van der Waals surface area (Å²) >= 11 is 1.36. The molecule has 6 nitrogen and oxygen atoms in total. The number of rotatable bonds is 4. The summed E-state index contributed by atoms with van der Waals surface area (Å²) in [6.45, 7) is 1.05. The number of hydrogen-bond donors (Lipinski definition) is 1. The van der Waals surface area contributed by atoms with Crippen molar-refractivity contribution >= 4 is 39.0 Å². The molecule has 7 heteroatoms. The predicted octanol–water partition coefficient (Wildman–Crippen LogP) is 3.64. The molecule has 1 N–H and O–H groups in total. The van der Waals surface area contributed by atoms with Crippen LogP contribution < -0.4 is 14.8 Å². The van der Waals surface area contributed by atoms with E-state index in [1.807, 2.05) is 36.4 Å². The lowest BCUT2D eigenvalue weighted by atomic mass is 10.1. The van der Waals surface area contributed by atoms with Gasteiger partial charge < -0.3 is 19.5 Å². The molecule has 0 radical (unpaired) electrons. The minimum Gasteiger partial charge on any atom is -0.486 e. The first-order chi connectivity index (χ1) is 13.1. The van der Waals surface area contributed by atoms with Gasteiger partial charge in [0.15, 0.2) is 11.5 Å². The van der Waals surface area contributed by atoms with Crippen LogP contribution >= 0.6 is 11.3 Å². The number of esters is 1. The number of benzene rings is 2. The van der Waals surface area contributed by atoms with Crippen molar-refractivity contribution in [1.29, 1.82) is 0 Å². The van der Waals surface area contributed by atoms with Crippen LogP contribution in [-0.4, -0.2) is 32.2 Å².